The van der Waals surface area contributed by atoms with Gasteiger partial charge in [-0.2, -0.15) is 0 Å². The highest BCUT2D eigenvalue weighted by Gasteiger charge is 1.94. The van der Waals surface area contributed by atoms with Gasteiger partial charge in [0, 0.05) is 12.8 Å². The van der Waals surface area contributed by atoms with Crippen molar-refractivity contribution in [2.24, 2.45) is 0 Å². The Labute approximate surface area is 201 Å². The van der Waals surface area contributed by atoms with Gasteiger partial charge in [0.15, 0.2) is 0 Å². The number of ether oxygens (including phenoxy) is 1. The number of carbonyl (C=O) groups excluding carboxylic acids is 1. The van der Waals surface area contributed by atoms with E-state index in [0.29, 0.717) is 13.1 Å². The minimum Gasteiger partial charge on any atom is -0.468 e. The minimum atomic E-state index is 0.534. The summed E-state index contributed by atoms with van der Waals surface area (Å²) >= 11 is 0. The minimum absolute atomic E-state index is 0.534. The summed E-state index contributed by atoms with van der Waals surface area (Å²) in [6, 6.07) is 0. The lowest BCUT2D eigenvalue weighted by Gasteiger charge is -2.02. The Bertz CT molecular complexity index is 488. The SMILES string of the molecule is CCCCCCCCCCCCCCCCC#CC#CCCCCCCCCCOC=O. The molecule has 0 saturated carbocycles. The van der Waals surface area contributed by atoms with E-state index in [-0.39, 0.29) is 0 Å². The van der Waals surface area contributed by atoms with Crippen molar-refractivity contribution in [2.75, 3.05) is 6.61 Å². The molecule has 184 valence electrons. The Hall–Kier alpha value is -1.41. The number of unbranched alkanes of at least 4 members (excludes halogenated alkanes) is 21. The van der Waals surface area contributed by atoms with Gasteiger partial charge in [-0.25, -0.2) is 0 Å². The van der Waals surface area contributed by atoms with Crippen LogP contribution in [0.1, 0.15) is 155 Å². The highest BCUT2D eigenvalue weighted by molar-refractivity contribution is 5.36. The van der Waals surface area contributed by atoms with Crippen LogP contribution in [0.15, 0.2) is 0 Å². The summed E-state index contributed by atoms with van der Waals surface area (Å²) in [7, 11) is 0. The van der Waals surface area contributed by atoms with Crippen molar-refractivity contribution in [3.05, 3.63) is 0 Å². The fraction of sp³-hybridized carbons (Fsp3) is 0.833. The summed E-state index contributed by atoms with van der Waals surface area (Å²) in [6.07, 6.45) is 30.0. The standard InChI is InChI=1S/C30H52O2/c1-2-3-4-5-6-7-8-9-10-11-12-13-14-15-16-17-18-19-20-21-22-23-24-25-26-27-28-29-32-30-31/h30H,2-16,21-29H2,1H3. The first-order chi connectivity index (χ1) is 15.9. The van der Waals surface area contributed by atoms with Gasteiger partial charge in [-0.05, 0) is 31.1 Å². The normalized spacial score (nSPS) is 10.2. The van der Waals surface area contributed by atoms with Crippen molar-refractivity contribution in [3.8, 4) is 23.7 Å². The molecule has 0 aliphatic rings. The molecule has 2 heteroatoms. The van der Waals surface area contributed by atoms with Crippen LogP contribution in [0.4, 0.5) is 0 Å². The van der Waals surface area contributed by atoms with E-state index in [4.69, 9.17) is 0 Å². The molecule has 0 aromatic heterocycles. The van der Waals surface area contributed by atoms with E-state index in [0.717, 1.165) is 25.7 Å². The van der Waals surface area contributed by atoms with Crippen LogP contribution in [0.5, 0.6) is 0 Å². The van der Waals surface area contributed by atoms with Crippen LogP contribution < -0.4 is 0 Å². The van der Waals surface area contributed by atoms with Crippen LogP contribution in [-0.4, -0.2) is 13.1 Å². The van der Waals surface area contributed by atoms with Gasteiger partial charge in [0.25, 0.3) is 6.47 Å². The van der Waals surface area contributed by atoms with Gasteiger partial charge in [0.05, 0.1) is 6.61 Å². The predicted octanol–water partition coefficient (Wildman–Crippen LogP) is 9.16. The Morgan fingerprint density at radius 3 is 1.22 bits per heavy atom. The van der Waals surface area contributed by atoms with Crippen molar-refractivity contribution in [3.63, 3.8) is 0 Å². The van der Waals surface area contributed by atoms with Crippen molar-refractivity contribution in [2.45, 2.75) is 155 Å². The molecule has 32 heavy (non-hydrogen) atoms. The smallest absolute Gasteiger partial charge is 0.293 e. The molecule has 0 fully saturated rings. The summed E-state index contributed by atoms with van der Waals surface area (Å²) in [5.74, 6) is 12.4. The van der Waals surface area contributed by atoms with Gasteiger partial charge in [0.1, 0.15) is 0 Å². The van der Waals surface area contributed by atoms with E-state index in [2.05, 4.69) is 35.3 Å². The Kier molecular flexibility index (Phi) is 28.3. The van der Waals surface area contributed by atoms with Gasteiger partial charge in [-0.1, -0.05) is 134 Å². The monoisotopic (exact) mass is 444 g/mol. The number of rotatable bonds is 24. The van der Waals surface area contributed by atoms with Crippen LogP contribution in [0, 0.1) is 23.7 Å². The summed E-state index contributed by atoms with van der Waals surface area (Å²) in [6.45, 7) is 3.39. The molecule has 0 aliphatic heterocycles. The molecule has 0 N–H and O–H groups in total. The molecule has 0 unspecified atom stereocenters. The van der Waals surface area contributed by atoms with Gasteiger partial charge >= 0.3 is 0 Å². The van der Waals surface area contributed by atoms with Crippen LogP contribution in [0.25, 0.3) is 0 Å². The molecule has 0 aromatic rings. The first-order valence-corrected chi connectivity index (χ1v) is 13.9. The van der Waals surface area contributed by atoms with Gasteiger partial charge in [0.2, 0.25) is 0 Å². The Morgan fingerprint density at radius 1 is 0.500 bits per heavy atom. The molecule has 0 aromatic carbocycles. The van der Waals surface area contributed by atoms with Crippen molar-refractivity contribution >= 4 is 6.47 Å². The maximum Gasteiger partial charge on any atom is 0.293 e. The summed E-state index contributed by atoms with van der Waals surface area (Å²) in [4.78, 5) is 10.0. The number of hydrogen-bond acceptors (Lipinski definition) is 2. The predicted molar refractivity (Wildman–Crippen MR) is 139 cm³/mol. The zero-order chi connectivity index (χ0) is 23.2. The van der Waals surface area contributed by atoms with Crippen LogP contribution >= 0.6 is 0 Å². The van der Waals surface area contributed by atoms with Crippen LogP contribution in [0.3, 0.4) is 0 Å². The largest absolute Gasteiger partial charge is 0.468 e. The molecule has 0 bridgehead atoms. The topological polar surface area (TPSA) is 26.3 Å². The Morgan fingerprint density at radius 2 is 0.844 bits per heavy atom. The van der Waals surface area contributed by atoms with E-state index in [1.54, 1.807) is 0 Å². The van der Waals surface area contributed by atoms with Gasteiger partial charge in [-0.3, -0.25) is 4.79 Å². The van der Waals surface area contributed by atoms with E-state index >= 15 is 0 Å². The van der Waals surface area contributed by atoms with E-state index < -0.39 is 0 Å². The molecule has 0 heterocycles. The first-order valence-electron chi connectivity index (χ1n) is 13.9. The number of hydrogen-bond donors (Lipinski definition) is 0. The third-order valence-electron chi connectivity index (χ3n) is 6.03. The molecule has 0 saturated heterocycles. The molecular weight excluding hydrogens is 392 g/mol. The quantitative estimate of drug-likeness (QED) is 0.0842. The maximum absolute atomic E-state index is 10.0. The average Bonchev–Trinajstić information content (AvgIpc) is 2.81. The highest BCUT2D eigenvalue weighted by Crippen LogP contribution is 2.13. The molecule has 2 nitrogen and oxygen atoms in total. The third kappa shape index (κ3) is 28.6. The molecule has 0 rings (SSSR count). The zero-order valence-corrected chi connectivity index (χ0v) is 21.4. The second-order valence-electron chi connectivity index (χ2n) is 9.14. The second-order valence-corrected chi connectivity index (χ2v) is 9.14. The lowest BCUT2D eigenvalue weighted by Crippen LogP contribution is -1.91. The highest BCUT2D eigenvalue weighted by atomic mass is 16.5. The molecule has 0 radical (unpaired) electrons. The van der Waals surface area contributed by atoms with E-state index in [1.165, 1.54) is 122 Å². The summed E-state index contributed by atoms with van der Waals surface area (Å²) in [5.41, 5.74) is 0. The number of carbonyl (C=O) groups is 1. The zero-order valence-electron chi connectivity index (χ0n) is 21.4. The molecule has 0 atom stereocenters. The fourth-order valence-corrected chi connectivity index (χ4v) is 3.95. The summed E-state index contributed by atoms with van der Waals surface area (Å²) < 4.78 is 4.68. The van der Waals surface area contributed by atoms with E-state index in [9.17, 15) is 4.79 Å². The van der Waals surface area contributed by atoms with Crippen molar-refractivity contribution in [1.82, 2.24) is 0 Å². The fourth-order valence-electron chi connectivity index (χ4n) is 3.95. The molecule has 0 aliphatic carbocycles. The van der Waals surface area contributed by atoms with Crippen molar-refractivity contribution in [1.29, 1.82) is 0 Å². The lowest BCUT2D eigenvalue weighted by molar-refractivity contribution is -0.128. The van der Waals surface area contributed by atoms with Crippen molar-refractivity contribution < 1.29 is 9.53 Å². The van der Waals surface area contributed by atoms with Crippen LogP contribution in [0.2, 0.25) is 0 Å². The lowest BCUT2D eigenvalue weighted by atomic mass is 10.0. The van der Waals surface area contributed by atoms with Gasteiger partial charge < -0.3 is 4.74 Å². The Balaban J connectivity index is 3.20. The molecule has 0 spiro atoms. The average molecular weight is 445 g/mol. The van der Waals surface area contributed by atoms with Gasteiger partial charge in [-0.15, -0.1) is 0 Å². The second kappa shape index (κ2) is 29.6. The molecular formula is C30H52O2. The molecule has 0 amide bonds. The third-order valence-corrected chi connectivity index (χ3v) is 6.03. The maximum atomic E-state index is 10.0. The van der Waals surface area contributed by atoms with E-state index in [1.807, 2.05) is 0 Å². The summed E-state index contributed by atoms with van der Waals surface area (Å²) in [5, 5.41) is 0. The van der Waals surface area contributed by atoms with Crippen LogP contribution in [-0.2, 0) is 9.53 Å². The first kappa shape index (κ1) is 30.6.